The predicted molar refractivity (Wildman–Crippen MR) is 241 cm³/mol. The van der Waals surface area contributed by atoms with Crippen molar-refractivity contribution < 1.29 is 142 Å². The zero-order valence-electron chi connectivity index (χ0n) is 41.2. The van der Waals surface area contributed by atoms with Crippen LogP contribution in [-0.4, -0.2) is 188 Å². The summed E-state index contributed by atoms with van der Waals surface area (Å²) in [6, 6.07) is 9.12. The maximum Gasteiger partial charge on any atom is 1.00 e. The first-order valence-electron chi connectivity index (χ1n) is 23.7. The Hall–Kier alpha value is -4.55. The first-order chi connectivity index (χ1) is 35.0. The van der Waals surface area contributed by atoms with Gasteiger partial charge in [-0.3, -0.25) is 28.8 Å². The summed E-state index contributed by atoms with van der Waals surface area (Å²) in [6.45, 7) is 6.81. The van der Waals surface area contributed by atoms with Crippen molar-refractivity contribution in [3.8, 4) is 0 Å². The first-order valence-corrected chi connectivity index (χ1v) is 26.8. The van der Waals surface area contributed by atoms with Crippen LogP contribution in [0.15, 0.2) is 64.9 Å². The molecular weight excluding hydrogens is 1050 g/mol. The van der Waals surface area contributed by atoms with Crippen molar-refractivity contribution >= 4 is 62.1 Å². The van der Waals surface area contributed by atoms with Gasteiger partial charge < -0.3 is 62.0 Å². The van der Waals surface area contributed by atoms with Gasteiger partial charge in [0.15, 0.2) is 36.8 Å². The summed E-state index contributed by atoms with van der Waals surface area (Å²) in [6.07, 6.45) is 4.49. The number of nitrogens with one attached hydrogen (secondary N) is 1. The Labute approximate surface area is 452 Å². The fourth-order valence-electron chi connectivity index (χ4n) is 10.0. The molecule has 3 N–H and O–H groups in total. The van der Waals surface area contributed by atoms with Crippen molar-refractivity contribution in [1.82, 2.24) is 0 Å². The Balaban J connectivity index is 0.000000175. The van der Waals surface area contributed by atoms with Crippen molar-refractivity contribution in [2.45, 2.75) is 126 Å². The molecule has 18 unspecified atom stereocenters. The first kappa shape index (κ1) is 59.7. The van der Waals surface area contributed by atoms with Gasteiger partial charge in [0.1, 0.15) is 42.5 Å². The van der Waals surface area contributed by atoms with E-state index in [0.717, 1.165) is 0 Å². The molecule has 26 nitrogen and oxygen atoms in total. The second kappa shape index (κ2) is 25.3. The third kappa shape index (κ3) is 14.3. The summed E-state index contributed by atoms with van der Waals surface area (Å²) in [5, 5.41) is 17.2. The van der Waals surface area contributed by atoms with Crippen LogP contribution in [0.3, 0.4) is 0 Å². The standard InChI is InChI=1S/C17H18O11S.C15H14O8.C7H14N2.C5H5N.C2H6O4S.Na/c18-15-6-5-9-13(14(28-15)12(6)26-9)27-17(20)11-8-2-1-7(25-8)10(11)16(19)24-3-4-29(21,22)23;16-13(17)8-5-1-2-6(20-5)9(8)15(19)22-11-7-3-4-10(21-7)12(11)23-14(4)18;1-6(2)8-5-9-7(3)4;1-2-4-6-5-3-1;3-1-2-7(4,5)6;/h1-2,6-14H,3-5H2,(H,21,22,23);1-2,4-12H,3H2,(H,16,17);6-7H,1-4H3;1-5H;3H,1-2H2,(H,4,5,6);/q;;;;;+1/p-1. The van der Waals surface area contributed by atoms with Gasteiger partial charge in [0.05, 0.1) is 105 Å². The molecule has 10 aliphatic rings. The molecule has 406 valence electrons. The third-order valence-corrected chi connectivity index (χ3v) is 14.5. The summed E-state index contributed by atoms with van der Waals surface area (Å²) < 4.78 is 109. The zero-order valence-corrected chi connectivity index (χ0v) is 44.8. The second-order valence-corrected chi connectivity index (χ2v) is 22.0. The number of aliphatic hydroxyl groups is 1. The molecule has 11 rings (SSSR count). The number of hydrogen-bond donors (Lipinski definition) is 2. The number of carboxylic acids is 1. The number of carbonyl (C=O) groups is 6. The number of carbonyl (C=O) groups excluding carboxylic acids is 5. The molecule has 0 spiro atoms. The minimum atomic E-state index is -4.53. The molecule has 0 saturated carbocycles. The van der Waals surface area contributed by atoms with E-state index in [0.29, 0.717) is 24.9 Å². The summed E-state index contributed by atoms with van der Waals surface area (Å²) in [5.41, 5.74) is 0. The van der Waals surface area contributed by atoms with Crippen LogP contribution in [0, 0.1) is 35.5 Å². The van der Waals surface area contributed by atoms with Crippen molar-refractivity contribution in [3.05, 3.63) is 54.9 Å². The number of aliphatic carboxylic acids is 1. The maximum atomic E-state index is 12.9. The van der Waals surface area contributed by atoms with Gasteiger partial charge in [-0.05, 0) is 40.5 Å². The molecule has 1 aromatic rings. The van der Waals surface area contributed by atoms with E-state index in [9.17, 15) is 59.8 Å². The Kier molecular flexibility index (Phi) is 20.1. The molecule has 29 heteroatoms. The third-order valence-electron chi connectivity index (χ3n) is 13.1. The van der Waals surface area contributed by atoms with Gasteiger partial charge in [-0.25, -0.2) is 31.8 Å². The molecular formula is C46H56N3NaO23S2. The smallest absolute Gasteiger partial charge is 0.748 e. The number of esters is 5. The van der Waals surface area contributed by atoms with Gasteiger partial charge in [-0.1, -0.05) is 30.4 Å². The monoisotopic (exact) mass is 1110 g/mol. The predicted octanol–water partition coefficient (Wildman–Crippen LogP) is -4.46. The maximum absolute atomic E-state index is 12.9. The largest absolute Gasteiger partial charge is 1.00 e. The number of pyridine rings is 1. The number of ether oxygens (including phenoxy) is 9. The van der Waals surface area contributed by atoms with Crippen LogP contribution < -0.4 is 34.5 Å². The average Bonchev–Trinajstić information content (AvgIpc) is 4.20. The summed E-state index contributed by atoms with van der Waals surface area (Å²) in [4.78, 5) is 83.6. The average molecular weight is 1110 g/mol. The zero-order chi connectivity index (χ0) is 53.8. The molecule has 0 aromatic carbocycles. The summed E-state index contributed by atoms with van der Waals surface area (Å²) >= 11 is 0. The summed E-state index contributed by atoms with van der Waals surface area (Å²) in [5.74, 6) is -9.91. The van der Waals surface area contributed by atoms with E-state index in [4.69, 9.17) is 47.7 Å². The molecule has 11 heterocycles. The molecule has 8 fully saturated rings. The van der Waals surface area contributed by atoms with E-state index >= 15 is 0 Å². The van der Waals surface area contributed by atoms with Crippen LogP contribution in [0.25, 0.3) is 0 Å². The Morgan fingerprint density at radius 3 is 1.43 bits per heavy atom. The minimum absolute atomic E-state index is 0. The van der Waals surface area contributed by atoms with Crippen molar-refractivity contribution in [1.29, 1.82) is 0 Å². The van der Waals surface area contributed by atoms with Gasteiger partial charge >= 0.3 is 65.4 Å². The topological polar surface area (TPSA) is 379 Å². The van der Waals surface area contributed by atoms with Crippen molar-refractivity contribution in [2.24, 2.45) is 45.5 Å². The molecule has 0 amide bonds. The van der Waals surface area contributed by atoms with E-state index in [1.807, 2.05) is 58.3 Å². The van der Waals surface area contributed by atoms with E-state index < -0.39 is 154 Å². The van der Waals surface area contributed by atoms with Crippen LogP contribution in [0.2, 0.25) is 0 Å². The van der Waals surface area contributed by atoms with E-state index in [-0.39, 0.29) is 65.5 Å². The van der Waals surface area contributed by atoms with Gasteiger partial charge in [0.2, 0.25) is 0 Å². The molecule has 0 aliphatic carbocycles. The molecule has 18 atom stereocenters. The number of aliphatic hydroxyl groups excluding tert-OH is 1. The SMILES string of the molecule is CC(C)N=C=NC(C)C.O=C1OC2C(OC(=O)C3C4C=CC(O4)C3C(=O)O)C3CC1C2O3.O=C1OC2C(OC(=O)C3C4C=CC(O4)C3C(=O)OCCS(=O)(=O)[O-])C3CC1C2O3.O=S(=O)([O-])CCO.[Na+].c1cc[nH+]cc1. The molecule has 0 radical (unpaired) electrons. The number of nitrogens with zero attached hydrogens (tertiary/aromatic N) is 2. The van der Waals surface area contributed by atoms with Crippen LogP contribution in [0.4, 0.5) is 0 Å². The number of aromatic nitrogens is 1. The van der Waals surface area contributed by atoms with Crippen LogP contribution in [0.1, 0.15) is 40.5 Å². The summed E-state index contributed by atoms with van der Waals surface area (Å²) in [7, 11) is -8.71. The Morgan fingerprint density at radius 1 is 0.667 bits per heavy atom. The molecule has 8 bridgehead atoms. The minimum Gasteiger partial charge on any atom is -0.748 e. The van der Waals surface area contributed by atoms with Crippen molar-refractivity contribution in [3.63, 3.8) is 0 Å². The molecule has 8 saturated heterocycles. The van der Waals surface area contributed by atoms with Gasteiger partial charge in [0.25, 0.3) is 0 Å². The van der Waals surface area contributed by atoms with Gasteiger partial charge in [-0.15, -0.1) is 0 Å². The van der Waals surface area contributed by atoms with E-state index in [2.05, 4.69) is 21.0 Å². The number of H-pyrrole nitrogens is 1. The Bertz CT molecular complexity index is 2580. The normalized spacial score (nSPS) is 35.5. The van der Waals surface area contributed by atoms with Crippen LogP contribution in [0.5, 0.6) is 0 Å². The molecule has 10 aliphatic heterocycles. The van der Waals surface area contributed by atoms with E-state index in [1.54, 1.807) is 24.3 Å². The Morgan fingerprint density at radius 2 is 1.08 bits per heavy atom. The molecule has 75 heavy (non-hydrogen) atoms. The second-order valence-electron chi connectivity index (χ2n) is 18.9. The fourth-order valence-corrected chi connectivity index (χ4v) is 10.5. The van der Waals surface area contributed by atoms with Crippen LogP contribution in [-0.2, 0) is 91.6 Å². The van der Waals surface area contributed by atoms with Gasteiger partial charge in [-0.2, -0.15) is 0 Å². The number of fused-ring (bicyclic) bond motifs is 6. The van der Waals surface area contributed by atoms with E-state index in [1.165, 1.54) is 0 Å². The quantitative estimate of drug-likeness (QED) is 0.0470. The van der Waals surface area contributed by atoms with Crippen molar-refractivity contribution in [2.75, 3.05) is 24.7 Å². The van der Waals surface area contributed by atoms with Crippen LogP contribution >= 0.6 is 0 Å². The number of rotatable bonds is 13. The van der Waals surface area contributed by atoms with Gasteiger partial charge in [0, 0.05) is 12.1 Å². The number of aliphatic imine (C=N–C) groups is 2. The number of hydrogen-bond acceptors (Lipinski definition) is 24. The molecule has 1 aromatic heterocycles. The fraction of sp³-hybridized carbons (Fsp3) is 0.652. The number of aromatic amines is 1. The number of carboxylic acid groups (broad SMARTS) is 1.